The number of nitrogens with one attached hydrogen (secondary N) is 2. The summed E-state index contributed by atoms with van der Waals surface area (Å²) in [5.41, 5.74) is 2.93. The van der Waals surface area contributed by atoms with E-state index in [1.165, 1.54) is 31.9 Å². The number of aromatic nitrogens is 4. The van der Waals surface area contributed by atoms with E-state index >= 15 is 4.39 Å². The molecule has 0 aliphatic heterocycles. The number of pyridine rings is 1. The number of hydrogen-bond donors (Lipinski definition) is 2. The molecule has 0 spiro atoms. The third-order valence-corrected chi connectivity index (χ3v) is 7.43. The lowest BCUT2D eigenvalue weighted by atomic mass is 9.68. The van der Waals surface area contributed by atoms with Crippen molar-refractivity contribution in [2.45, 2.75) is 56.9 Å². The van der Waals surface area contributed by atoms with Gasteiger partial charge in [0.2, 0.25) is 0 Å². The molecule has 6 nitrogen and oxygen atoms in total. The van der Waals surface area contributed by atoms with Gasteiger partial charge in [0.1, 0.15) is 16.7 Å². The van der Waals surface area contributed by atoms with Crippen molar-refractivity contribution in [1.29, 1.82) is 5.26 Å². The van der Waals surface area contributed by atoms with E-state index < -0.39 is 0 Å². The fourth-order valence-electron chi connectivity index (χ4n) is 5.52. The number of nitriles is 1. The molecule has 0 amide bonds. The molecule has 4 aliphatic rings. The molecule has 0 radical (unpaired) electrons. The third kappa shape index (κ3) is 3.16. The molecule has 2 N–H and O–H groups in total. The SMILES string of the molecule is N#Cc1c(-c2c[nH]c3ncc(Cl)nc23)nc(NC2CC3CCC2CC3)c(F)c1C1CC1. The molecule has 3 aromatic heterocycles. The van der Waals surface area contributed by atoms with Gasteiger partial charge in [-0.25, -0.2) is 19.3 Å². The molecule has 0 saturated heterocycles. The van der Waals surface area contributed by atoms with Crippen LogP contribution in [0.15, 0.2) is 12.4 Å². The van der Waals surface area contributed by atoms with Crippen molar-refractivity contribution in [1.82, 2.24) is 19.9 Å². The van der Waals surface area contributed by atoms with Gasteiger partial charge in [-0.1, -0.05) is 24.4 Å². The zero-order chi connectivity index (χ0) is 21.1. The zero-order valence-corrected chi connectivity index (χ0v) is 17.7. The lowest BCUT2D eigenvalue weighted by Crippen LogP contribution is -2.40. The van der Waals surface area contributed by atoms with Crippen LogP contribution in [0.1, 0.15) is 62.0 Å². The highest BCUT2D eigenvalue weighted by molar-refractivity contribution is 6.29. The first kappa shape index (κ1) is 19.0. The van der Waals surface area contributed by atoms with E-state index in [2.05, 4.69) is 31.3 Å². The molecule has 0 aromatic carbocycles. The lowest BCUT2D eigenvalue weighted by molar-refractivity contribution is 0.157. The van der Waals surface area contributed by atoms with E-state index in [4.69, 9.17) is 11.6 Å². The Kier molecular flexibility index (Phi) is 4.39. The van der Waals surface area contributed by atoms with Crippen molar-refractivity contribution in [3.05, 3.63) is 34.5 Å². The van der Waals surface area contributed by atoms with Crippen LogP contribution in [0.3, 0.4) is 0 Å². The summed E-state index contributed by atoms with van der Waals surface area (Å²) in [6.07, 6.45) is 11.0. The Labute approximate surface area is 184 Å². The molecule has 4 fully saturated rings. The number of anilines is 1. The van der Waals surface area contributed by atoms with Crippen molar-refractivity contribution in [2.24, 2.45) is 11.8 Å². The van der Waals surface area contributed by atoms with E-state index in [-0.39, 0.29) is 28.7 Å². The van der Waals surface area contributed by atoms with Crippen LogP contribution < -0.4 is 5.32 Å². The van der Waals surface area contributed by atoms with Crippen molar-refractivity contribution >= 4 is 28.6 Å². The molecule has 158 valence electrons. The van der Waals surface area contributed by atoms with Gasteiger partial charge < -0.3 is 10.3 Å². The first-order chi connectivity index (χ1) is 15.1. The molecule has 1 unspecified atom stereocenters. The van der Waals surface area contributed by atoms with Crippen LogP contribution in [-0.2, 0) is 0 Å². The third-order valence-electron chi connectivity index (χ3n) is 7.25. The van der Waals surface area contributed by atoms with Gasteiger partial charge in [-0.2, -0.15) is 5.26 Å². The molecule has 3 aromatic rings. The van der Waals surface area contributed by atoms with Crippen LogP contribution in [0.5, 0.6) is 0 Å². The average Bonchev–Trinajstić information content (AvgIpc) is 3.54. The maximum atomic E-state index is 15.7. The van der Waals surface area contributed by atoms with E-state index in [9.17, 15) is 5.26 Å². The smallest absolute Gasteiger partial charge is 0.170 e. The lowest BCUT2D eigenvalue weighted by Gasteiger charge is -2.43. The molecule has 1 atom stereocenters. The minimum absolute atomic E-state index is 0.0691. The molecular weight excluding hydrogens is 415 g/mol. The number of fused-ring (bicyclic) bond motifs is 4. The van der Waals surface area contributed by atoms with Gasteiger partial charge in [0.25, 0.3) is 0 Å². The topological polar surface area (TPSA) is 90.3 Å². The maximum Gasteiger partial charge on any atom is 0.170 e. The predicted octanol–water partition coefficient (Wildman–Crippen LogP) is 5.55. The van der Waals surface area contributed by atoms with Gasteiger partial charge in [0.05, 0.1) is 17.5 Å². The summed E-state index contributed by atoms with van der Waals surface area (Å²) in [6.45, 7) is 0. The minimum atomic E-state index is -0.367. The first-order valence-corrected chi connectivity index (χ1v) is 11.4. The Bertz CT molecular complexity index is 1220. The molecule has 4 saturated carbocycles. The number of H-pyrrole nitrogens is 1. The Balaban J connectivity index is 1.50. The van der Waals surface area contributed by atoms with Crippen LogP contribution in [0.2, 0.25) is 5.15 Å². The van der Waals surface area contributed by atoms with Crippen molar-refractivity contribution in [3.8, 4) is 17.3 Å². The summed E-state index contributed by atoms with van der Waals surface area (Å²) in [5.74, 6) is 1.25. The second-order valence-corrected chi connectivity index (χ2v) is 9.54. The second-order valence-electron chi connectivity index (χ2n) is 9.16. The molecule has 2 bridgehead atoms. The van der Waals surface area contributed by atoms with Gasteiger partial charge >= 0.3 is 0 Å². The largest absolute Gasteiger partial charge is 0.365 e. The first-order valence-electron chi connectivity index (χ1n) is 11.0. The van der Waals surface area contributed by atoms with Crippen LogP contribution in [0, 0.1) is 29.0 Å². The van der Waals surface area contributed by atoms with Crippen LogP contribution in [0.4, 0.5) is 10.2 Å². The monoisotopic (exact) mass is 436 g/mol. The Hall–Kier alpha value is -2.72. The summed E-state index contributed by atoms with van der Waals surface area (Å²) in [7, 11) is 0. The fraction of sp³-hybridized carbons (Fsp3) is 0.478. The number of aromatic amines is 1. The van der Waals surface area contributed by atoms with Gasteiger partial charge in [0, 0.05) is 23.4 Å². The van der Waals surface area contributed by atoms with E-state index in [0.29, 0.717) is 39.5 Å². The Morgan fingerprint density at radius 1 is 1.16 bits per heavy atom. The van der Waals surface area contributed by atoms with Gasteiger partial charge in [-0.3, -0.25) is 0 Å². The molecule has 8 heteroatoms. The summed E-state index contributed by atoms with van der Waals surface area (Å²) >= 11 is 6.08. The Morgan fingerprint density at radius 3 is 2.65 bits per heavy atom. The standard InChI is InChI=1S/C23H22ClFN6/c24-17-10-28-23-21(30-17)15(9-27-23)20-14(8-26)18(13-5-6-13)19(25)22(31-20)29-16-7-11-1-3-12(16)4-2-11/h9-13,16H,1-7H2,(H,27,28)(H,29,31). The predicted molar refractivity (Wildman–Crippen MR) is 116 cm³/mol. The molecule has 7 rings (SSSR count). The Morgan fingerprint density at radius 2 is 1.97 bits per heavy atom. The average molecular weight is 437 g/mol. The van der Waals surface area contributed by atoms with E-state index in [1.54, 1.807) is 6.20 Å². The highest BCUT2D eigenvalue weighted by Gasteiger charge is 2.38. The number of rotatable bonds is 4. The highest BCUT2D eigenvalue weighted by atomic mass is 35.5. The van der Waals surface area contributed by atoms with Gasteiger partial charge in [-0.15, -0.1) is 0 Å². The number of nitrogens with zero attached hydrogens (tertiary/aromatic N) is 4. The summed E-state index contributed by atoms with van der Waals surface area (Å²) in [4.78, 5) is 16.4. The van der Waals surface area contributed by atoms with Gasteiger partial charge in [0.15, 0.2) is 17.3 Å². The van der Waals surface area contributed by atoms with Crippen LogP contribution in [-0.4, -0.2) is 26.0 Å². The van der Waals surface area contributed by atoms with Crippen LogP contribution in [0.25, 0.3) is 22.4 Å². The van der Waals surface area contributed by atoms with Crippen molar-refractivity contribution in [2.75, 3.05) is 5.32 Å². The van der Waals surface area contributed by atoms with Crippen molar-refractivity contribution in [3.63, 3.8) is 0 Å². The highest BCUT2D eigenvalue weighted by Crippen LogP contribution is 2.47. The summed E-state index contributed by atoms with van der Waals surface area (Å²) < 4.78 is 15.7. The molecule has 4 aliphatic carbocycles. The molecular formula is C23H22ClFN6. The summed E-state index contributed by atoms with van der Waals surface area (Å²) in [5, 5.41) is 13.7. The normalized spacial score (nSPS) is 25.0. The second kappa shape index (κ2) is 7.16. The van der Waals surface area contributed by atoms with Crippen LogP contribution >= 0.6 is 11.6 Å². The number of hydrogen-bond acceptors (Lipinski definition) is 5. The van der Waals surface area contributed by atoms with Gasteiger partial charge in [-0.05, 0) is 49.9 Å². The fourth-order valence-corrected chi connectivity index (χ4v) is 5.65. The molecule has 31 heavy (non-hydrogen) atoms. The van der Waals surface area contributed by atoms with Crippen molar-refractivity contribution < 1.29 is 4.39 Å². The quantitative estimate of drug-likeness (QED) is 0.559. The number of halogens is 2. The van der Waals surface area contributed by atoms with E-state index in [1.807, 2.05) is 0 Å². The molecule has 3 heterocycles. The summed E-state index contributed by atoms with van der Waals surface area (Å²) in [6, 6.07) is 2.46. The van der Waals surface area contributed by atoms with E-state index in [0.717, 1.165) is 25.2 Å². The maximum absolute atomic E-state index is 15.7. The zero-order valence-electron chi connectivity index (χ0n) is 17.0. The minimum Gasteiger partial charge on any atom is -0.365 e.